The van der Waals surface area contributed by atoms with Crippen LogP contribution in [0.25, 0.3) is 0 Å². The lowest BCUT2D eigenvalue weighted by molar-refractivity contribution is -0.125. The first-order valence-corrected chi connectivity index (χ1v) is 6.26. The summed E-state index contributed by atoms with van der Waals surface area (Å²) in [6.07, 6.45) is 3.08. The number of aliphatic hydroxyl groups is 1. The van der Waals surface area contributed by atoms with Gasteiger partial charge in [0.05, 0.1) is 6.10 Å². The molecule has 94 valence electrons. The Morgan fingerprint density at radius 3 is 2.75 bits per heavy atom. The van der Waals surface area contributed by atoms with Crippen molar-refractivity contribution in [1.29, 1.82) is 0 Å². The topological polar surface area (TPSA) is 75.3 Å². The normalized spacial score (nSPS) is 28.8. The summed E-state index contributed by atoms with van der Waals surface area (Å²) in [4.78, 5) is 11.7. The predicted octanol–water partition coefficient (Wildman–Crippen LogP) is 0.637. The van der Waals surface area contributed by atoms with Crippen molar-refractivity contribution in [2.75, 3.05) is 6.54 Å². The Morgan fingerprint density at radius 1 is 1.56 bits per heavy atom. The van der Waals surface area contributed by atoms with E-state index in [1.807, 2.05) is 13.8 Å². The van der Waals surface area contributed by atoms with Gasteiger partial charge >= 0.3 is 0 Å². The summed E-state index contributed by atoms with van der Waals surface area (Å²) in [7, 11) is 0. The third kappa shape index (κ3) is 3.76. The lowest BCUT2D eigenvalue weighted by Gasteiger charge is -2.19. The Hall–Kier alpha value is -0.610. The predicted molar refractivity (Wildman–Crippen MR) is 63.8 cm³/mol. The third-order valence-corrected chi connectivity index (χ3v) is 3.63. The monoisotopic (exact) mass is 228 g/mol. The van der Waals surface area contributed by atoms with E-state index in [0.29, 0.717) is 6.54 Å². The van der Waals surface area contributed by atoms with Crippen LogP contribution in [-0.2, 0) is 4.79 Å². The molecule has 0 spiro atoms. The van der Waals surface area contributed by atoms with Crippen LogP contribution in [0.5, 0.6) is 0 Å². The summed E-state index contributed by atoms with van der Waals surface area (Å²) < 4.78 is 0. The minimum atomic E-state index is -0.441. The van der Waals surface area contributed by atoms with E-state index >= 15 is 0 Å². The highest BCUT2D eigenvalue weighted by Crippen LogP contribution is 2.24. The molecule has 4 heteroatoms. The number of rotatable bonds is 5. The Bertz CT molecular complexity index is 233. The molecule has 0 radical (unpaired) electrons. The van der Waals surface area contributed by atoms with Gasteiger partial charge < -0.3 is 16.2 Å². The van der Waals surface area contributed by atoms with Crippen molar-refractivity contribution in [3.8, 4) is 0 Å². The quantitative estimate of drug-likeness (QED) is 0.646. The van der Waals surface area contributed by atoms with Crippen LogP contribution < -0.4 is 11.1 Å². The molecule has 0 heterocycles. The molecule has 0 saturated heterocycles. The van der Waals surface area contributed by atoms with Crippen LogP contribution >= 0.6 is 0 Å². The van der Waals surface area contributed by atoms with E-state index in [9.17, 15) is 9.90 Å². The SMILES string of the molecule is CCC(C)C(O)CNC(=O)C1CCC(N)C1. The highest BCUT2D eigenvalue weighted by Gasteiger charge is 2.28. The number of carbonyl (C=O) groups excluding carboxylic acids is 1. The maximum atomic E-state index is 11.7. The molecular weight excluding hydrogens is 204 g/mol. The van der Waals surface area contributed by atoms with E-state index in [2.05, 4.69) is 5.32 Å². The Morgan fingerprint density at radius 2 is 2.25 bits per heavy atom. The number of carbonyl (C=O) groups is 1. The van der Waals surface area contributed by atoms with Crippen LogP contribution in [0.1, 0.15) is 39.5 Å². The highest BCUT2D eigenvalue weighted by atomic mass is 16.3. The zero-order valence-electron chi connectivity index (χ0n) is 10.3. The van der Waals surface area contributed by atoms with Gasteiger partial charge in [-0.25, -0.2) is 0 Å². The minimum Gasteiger partial charge on any atom is -0.391 e. The van der Waals surface area contributed by atoms with Gasteiger partial charge in [-0.3, -0.25) is 4.79 Å². The van der Waals surface area contributed by atoms with Gasteiger partial charge in [0.2, 0.25) is 5.91 Å². The first-order chi connectivity index (χ1) is 7.54. The molecular formula is C12H24N2O2. The van der Waals surface area contributed by atoms with Gasteiger partial charge in [0.1, 0.15) is 0 Å². The van der Waals surface area contributed by atoms with E-state index in [1.165, 1.54) is 0 Å². The zero-order valence-corrected chi connectivity index (χ0v) is 10.3. The van der Waals surface area contributed by atoms with E-state index < -0.39 is 6.10 Å². The fraction of sp³-hybridized carbons (Fsp3) is 0.917. The van der Waals surface area contributed by atoms with Gasteiger partial charge in [0, 0.05) is 18.5 Å². The molecule has 1 saturated carbocycles. The molecule has 0 aromatic heterocycles. The Kier molecular flexibility index (Phi) is 5.22. The van der Waals surface area contributed by atoms with E-state index in [0.717, 1.165) is 25.7 Å². The molecule has 1 amide bonds. The summed E-state index contributed by atoms with van der Waals surface area (Å²) in [6, 6.07) is 0.176. The van der Waals surface area contributed by atoms with Gasteiger partial charge in [-0.05, 0) is 25.2 Å². The van der Waals surface area contributed by atoms with Crippen molar-refractivity contribution in [3.63, 3.8) is 0 Å². The molecule has 1 aliphatic carbocycles. The number of hydrogen-bond acceptors (Lipinski definition) is 3. The zero-order chi connectivity index (χ0) is 12.1. The van der Waals surface area contributed by atoms with Crippen LogP contribution in [0.4, 0.5) is 0 Å². The number of nitrogens with one attached hydrogen (secondary N) is 1. The molecule has 0 bridgehead atoms. The second-order valence-electron chi connectivity index (χ2n) is 4.97. The maximum absolute atomic E-state index is 11.7. The molecule has 1 rings (SSSR count). The molecule has 0 aromatic rings. The smallest absolute Gasteiger partial charge is 0.223 e. The van der Waals surface area contributed by atoms with Gasteiger partial charge in [-0.1, -0.05) is 20.3 Å². The van der Waals surface area contributed by atoms with Crippen molar-refractivity contribution in [2.45, 2.75) is 51.7 Å². The molecule has 4 atom stereocenters. The molecule has 4 N–H and O–H groups in total. The summed E-state index contributed by atoms with van der Waals surface area (Å²) in [5, 5.41) is 12.5. The van der Waals surface area contributed by atoms with Gasteiger partial charge in [0.15, 0.2) is 0 Å². The molecule has 4 unspecified atom stereocenters. The van der Waals surface area contributed by atoms with E-state index in [-0.39, 0.29) is 23.8 Å². The summed E-state index contributed by atoms with van der Waals surface area (Å²) in [5.41, 5.74) is 5.76. The minimum absolute atomic E-state index is 0.0512. The summed E-state index contributed by atoms with van der Waals surface area (Å²) in [5.74, 6) is 0.334. The molecule has 1 fully saturated rings. The number of aliphatic hydroxyl groups excluding tert-OH is 1. The van der Waals surface area contributed by atoms with Crippen LogP contribution in [0, 0.1) is 11.8 Å². The van der Waals surface area contributed by atoms with E-state index in [4.69, 9.17) is 5.73 Å². The number of nitrogens with two attached hydrogens (primary N) is 1. The van der Waals surface area contributed by atoms with Crippen LogP contribution in [-0.4, -0.2) is 29.7 Å². The fourth-order valence-electron chi connectivity index (χ4n) is 2.08. The van der Waals surface area contributed by atoms with Gasteiger partial charge in [-0.15, -0.1) is 0 Å². The molecule has 0 aromatic carbocycles. The van der Waals surface area contributed by atoms with Crippen LogP contribution in [0.15, 0.2) is 0 Å². The fourth-order valence-corrected chi connectivity index (χ4v) is 2.08. The average Bonchev–Trinajstić information content (AvgIpc) is 2.71. The number of hydrogen-bond donors (Lipinski definition) is 3. The molecule has 16 heavy (non-hydrogen) atoms. The van der Waals surface area contributed by atoms with Crippen molar-refractivity contribution in [2.24, 2.45) is 17.6 Å². The lowest BCUT2D eigenvalue weighted by Crippen LogP contribution is -2.38. The van der Waals surface area contributed by atoms with Crippen molar-refractivity contribution >= 4 is 5.91 Å². The molecule has 0 aliphatic heterocycles. The van der Waals surface area contributed by atoms with E-state index in [1.54, 1.807) is 0 Å². The van der Waals surface area contributed by atoms with Crippen LogP contribution in [0.3, 0.4) is 0 Å². The van der Waals surface area contributed by atoms with Crippen molar-refractivity contribution in [1.82, 2.24) is 5.32 Å². The highest BCUT2D eigenvalue weighted by molar-refractivity contribution is 5.79. The van der Waals surface area contributed by atoms with Crippen molar-refractivity contribution in [3.05, 3.63) is 0 Å². The van der Waals surface area contributed by atoms with Gasteiger partial charge in [0.25, 0.3) is 0 Å². The van der Waals surface area contributed by atoms with Crippen molar-refractivity contribution < 1.29 is 9.90 Å². The van der Waals surface area contributed by atoms with Crippen LogP contribution in [0.2, 0.25) is 0 Å². The summed E-state index contributed by atoms with van der Waals surface area (Å²) in [6.45, 7) is 4.38. The third-order valence-electron chi connectivity index (χ3n) is 3.63. The number of amides is 1. The maximum Gasteiger partial charge on any atom is 0.223 e. The Labute approximate surface area is 97.6 Å². The lowest BCUT2D eigenvalue weighted by atomic mass is 10.0. The Balaban J connectivity index is 2.24. The van der Waals surface area contributed by atoms with Gasteiger partial charge in [-0.2, -0.15) is 0 Å². The second-order valence-corrected chi connectivity index (χ2v) is 4.97. The first-order valence-electron chi connectivity index (χ1n) is 6.26. The standard InChI is InChI=1S/C12H24N2O2/c1-3-8(2)11(15)7-14-12(16)9-4-5-10(13)6-9/h8-11,15H,3-7,13H2,1-2H3,(H,14,16). The summed E-state index contributed by atoms with van der Waals surface area (Å²) >= 11 is 0. The molecule has 1 aliphatic rings. The first kappa shape index (κ1) is 13.5. The molecule has 4 nitrogen and oxygen atoms in total. The second kappa shape index (κ2) is 6.21. The average molecular weight is 228 g/mol. The largest absolute Gasteiger partial charge is 0.391 e.